The summed E-state index contributed by atoms with van der Waals surface area (Å²) in [4.78, 5) is 49.5. The van der Waals surface area contributed by atoms with Crippen LogP contribution in [-0.2, 0) is 41.4 Å². The van der Waals surface area contributed by atoms with Gasteiger partial charge in [0.2, 0.25) is 0 Å². The van der Waals surface area contributed by atoms with E-state index >= 15 is 0 Å². The maximum Gasteiger partial charge on any atom is 0.343 e. The normalized spacial score (nSPS) is 11.8. The summed E-state index contributed by atoms with van der Waals surface area (Å²) in [5.74, 6) is -1.47. The van der Waals surface area contributed by atoms with Crippen LogP contribution in [0.3, 0.4) is 0 Å². The highest BCUT2D eigenvalue weighted by atomic mass is 16.6. The van der Waals surface area contributed by atoms with Crippen LogP contribution in [0.15, 0.2) is 151 Å². The van der Waals surface area contributed by atoms with Crippen molar-refractivity contribution < 1.29 is 47.6 Å². The van der Waals surface area contributed by atoms with Gasteiger partial charge in [-0.05, 0) is 90.0 Å². The van der Waals surface area contributed by atoms with E-state index < -0.39 is 30.0 Å². The Labute approximate surface area is 372 Å². The maximum atomic E-state index is 13.5. The summed E-state index contributed by atoms with van der Waals surface area (Å²) in [6.07, 6.45) is 6.55. The van der Waals surface area contributed by atoms with Gasteiger partial charge in [-0.15, -0.1) is 5.10 Å². The molecule has 0 radical (unpaired) electrons. The van der Waals surface area contributed by atoms with Crippen LogP contribution >= 0.6 is 0 Å². The second-order valence-electron chi connectivity index (χ2n) is 14.6. The Bertz CT molecular complexity index is 2440. The summed E-state index contributed by atoms with van der Waals surface area (Å²) >= 11 is 0. The minimum atomic E-state index is -0.741. The van der Waals surface area contributed by atoms with Gasteiger partial charge in [0.05, 0.1) is 37.2 Å². The molecule has 0 bridgehead atoms. The number of aryl methyl sites for hydroxylation is 1. The second-order valence-corrected chi connectivity index (χ2v) is 14.6. The molecule has 5 aromatic carbocycles. The second kappa shape index (κ2) is 23.7. The Hall–Kier alpha value is -7.44. The van der Waals surface area contributed by atoms with E-state index in [9.17, 15) is 19.2 Å². The number of carbonyl (C=O) groups is 4. The molecule has 0 saturated heterocycles. The summed E-state index contributed by atoms with van der Waals surface area (Å²) in [5, 5.41) is 9.14. The van der Waals surface area contributed by atoms with E-state index in [1.807, 2.05) is 54.6 Å². The van der Waals surface area contributed by atoms with Gasteiger partial charge in [0.15, 0.2) is 6.10 Å². The van der Waals surface area contributed by atoms with Crippen LogP contribution in [0.4, 0.5) is 0 Å². The van der Waals surface area contributed by atoms with Crippen molar-refractivity contribution in [3.8, 4) is 22.6 Å². The number of carbonyl (C=O) groups excluding carboxylic acids is 4. The van der Waals surface area contributed by atoms with Gasteiger partial charge >= 0.3 is 23.9 Å². The molecule has 0 N–H and O–H groups in total. The maximum absolute atomic E-state index is 13.5. The van der Waals surface area contributed by atoms with Crippen molar-refractivity contribution in [3.63, 3.8) is 0 Å². The first-order valence-corrected chi connectivity index (χ1v) is 21.1. The molecule has 1 atom stereocenters. The molecule has 5 aromatic rings. The lowest BCUT2D eigenvalue weighted by molar-refractivity contribution is -0.148. The lowest BCUT2D eigenvalue weighted by Gasteiger charge is -2.18. The van der Waals surface area contributed by atoms with Crippen LogP contribution in [0.5, 0.6) is 11.5 Å². The predicted octanol–water partition coefficient (Wildman–Crippen LogP) is 9.11. The summed E-state index contributed by atoms with van der Waals surface area (Å²) in [6.45, 7) is 9.69. The third kappa shape index (κ3) is 13.0. The summed E-state index contributed by atoms with van der Waals surface area (Å²) in [6, 6.07) is 35.1. The van der Waals surface area contributed by atoms with E-state index in [4.69, 9.17) is 28.4 Å². The molecule has 0 saturated carbocycles. The van der Waals surface area contributed by atoms with Crippen LogP contribution in [0, 0.1) is 0 Å². The highest BCUT2D eigenvalue weighted by Crippen LogP contribution is 2.36. The smallest absolute Gasteiger partial charge is 0.343 e. The molecule has 0 aliphatic heterocycles. The molecule has 0 aromatic heterocycles. The fourth-order valence-electron chi connectivity index (χ4n) is 6.76. The van der Waals surface area contributed by atoms with E-state index in [0.717, 1.165) is 58.5 Å². The molecule has 1 unspecified atom stereocenters. The first-order chi connectivity index (χ1) is 31.3. The zero-order valence-corrected chi connectivity index (χ0v) is 35.7. The lowest BCUT2D eigenvalue weighted by Crippen LogP contribution is -2.29. The number of hydrogen-bond donors (Lipinski definition) is 0. The summed E-state index contributed by atoms with van der Waals surface area (Å²) < 4.78 is 33.4. The molecule has 0 heterocycles. The van der Waals surface area contributed by atoms with E-state index in [2.05, 4.69) is 42.4 Å². The fourth-order valence-corrected chi connectivity index (χ4v) is 6.76. The molecule has 12 nitrogen and oxygen atoms in total. The average molecular weight is 863 g/mol. The fraction of sp³-hybridized carbons (Fsp3) is 0.231. The number of ether oxygens (including phenoxy) is 6. The van der Waals surface area contributed by atoms with Crippen LogP contribution in [-0.4, -0.2) is 74.9 Å². The number of nitrogens with zero attached hydrogens (tertiary/aromatic N) is 2. The van der Waals surface area contributed by atoms with Gasteiger partial charge in [0.1, 0.15) is 23.8 Å². The standard InChI is InChI=1S/C52H50N2O10/c1-4-13-36-18-21-38(22-19-36)51(57)61-31-28-37-20-27-47(40(32-37)33-53-54-50-45-16-9-7-14-43(45)44-15-8-10-17-46(44)50)64-52(58)39-23-25-41(26-24-39)62-35-42(63-49(56)6-3)34-59-29-11-12-30-60-48(55)5-2/h5-10,14-27,32-33,42H,2-4,11-13,28-31,34-35H2,1H3/b53-33+. The number of fused-ring (bicyclic) bond motifs is 3. The summed E-state index contributed by atoms with van der Waals surface area (Å²) in [7, 11) is 0. The molecule has 6 rings (SSSR count). The minimum absolute atomic E-state index is 0.0257. The Morgan fingerprint density at radius 3 is 1.94 bits per heavy atom. The van der Waals surface area contributed by atoms with Gasteiger partial charge in [-0.25, -0.2) is 19.2 Å². The Kier molecular flexibility index (Phi) is 17.1. The zero-order valence-electron chi connectivity index (χ0n) is 35.7. The van der Waals surface area contributed by atoms with Gasteiger partial charge in [-0.1, -0.05) is 93.2 Å². The monoisotopic (exact) mass is 862 g/mol. The predicted molar refractivity (Wildman–Crippen MR) is 244 cm³/mol. The molecular weight excluding hydrogens is 813 g/mol. The van der Waals surface area contributed by atoms with E-state index in [-0.39, 0.29) is 37.7 Å². The van der Waals surface area contributed by atoms with Crippen molar-refractivity contribution in [3.05, 3.63) is 180 Å². The molecule has 1 aliphatic carbocycles. The minimum Gasteiger partial charge on any atom is -0.490 e. The molecule has 0 fully saturated rings. The van der Waals surface area contributed by atoms with Gasteiger partial charge in [-0.2, -0.15) is 5.10 Å². The Balaban J connectivity index is 1.11. The number of rotatable bonds is 23. The summed E-state index contributed by atoms with van der Waals surface area (Å²) in [5.41, 5.74) is 8.04. The Morgan fingerprint density at radius 1 is 0.641 bits per heavy atom. The quantitative estimate of drug-likeness (QED) is 0.0116. The average Bonchev–Trinajstić information content (AvgIpc) is 3.64. The highest BCUT2D eigenvalue weighted by molar-refractivity contribution is 6.24. The Morgan fingerprint density at radius 2 is 1.27 bits per heavy atom. The van der Waals surface area contributed by atoms with Crippen molar-refractivity contribution in [2.75, 3.05) is 33.0 Å². The van der Waals surface area contributed by atoms with Crippen LogP contribution < -0.4 is 9.47 Å². The van der Waals surface area contributed by atoms with Crippen LogP contribution in [0.25, 0.3) is 11.1 Å². The SMILES string of the molecule is C=CC(=O)OCCCCOCC(COc1ccc(C(=O)Oc2ccc(CCOC(=O)c3ccc(CCC)cc3)cc2/C=N/N=C2c3ccccc3-c3ccccc32)cc1)OC(=O)C=C. The number of esters is 4. The first kappa shape index (κ1) is 46.1. The van der Waals surface area contributed by atoms with Crippen molar-refractivity contribution in [2.45, 2.75) is 45.1 Å². The van der Waals surface area contributed by atoms with E-state index in [0.29, 0.717) is 42.7 Å². The number of hydrogen-bond acceptors (Lipinski definition) is 12. The van der Waals surface area contributed by atoms with Crippen LogP contribution in [0.1, 0.15) is 74.7 Å². The van der Waals surface area contributed by atoms with Gasteiger partial charge in [0.25, 0.3) is 0 Å². The van der Waals surface area contributed by atoms with Crippen LogP contribution in [0.2, 0.25) is 0 Å². The lowest BCUT2D eigenvalue weighted by atomic mass is 10.1. The number of benzene rings is 5. The van der Waals surface area contributed by atoms with Gasteiger partial charge < -0.3 is 28.4 Å². The van der Waals surface area contributed by atoms with E-state index in [1.165, 1.54) is 5.56 Å². The molecule has 0 amide bonds. The molecule has 0 spiro atoms. The molecule has 64 heavy (non-hydrogen) atoms. The zero-order chi connectivity index (χ0) is 45.1. The van der Waals surface area contributed by atoms with Crippen molar-refractivity contribution in [2.24, 2.45) is 10.2 Å². The van der Waals surface area contributed by atoms with Crippen molar-refractivity contribution in [1.82, 2.24) is 0 Å². The van der Waals surface area contributed by atoms with E-state index in [1.54, 1.807) is 54.7 Å². The molecule has 12 heteroatoms. The molecule has 1 aliphatic rings. The van der Waals surface area contributed by atoms with Gasteiger partial charge in [-0.3, -0.25) is 0 Å². The molecular formula is C52H50N2O10. The third-order valence-electron chi connectivity index (χ3n) is 10.0. The van der Waals surface area contributed by atoms with Gasteiger partial charge in [0, 0.05) is 41.9 Å². The van der Waals surface area contributed by atoms with Crippen molar-refractivity contribution >= 4 is 35.8 Å². The van der Waals surface area contributed by atoms with Crippen molar-refractivity contribution in [1.29, 1.82) is 0 Å². The first-order valence-electron chi connectivity index (χ1n) is 21.1. The topological polar surface area (TPSA) is 148 Å². The molecule has 328 valence electrons. The largest absolute Gasteiger partial charge is 0.490 e. The number of unbranched alkanes of at least 4 members (excludes halogenated alkanes) is 1. The highest BCUT2D eigenvalue weighted by Gasteiger charge is 2.24. The third-order valence-corrected chi connectivity index (χ3v) is 10.0.